The molecule has 24 heavy (non-hydrogen) atoms. The van der Waals surface area contributed by atoms with E-state index in [-0.39, 0.29) is 6.10 Å². The van der Waals surface area contributed by atoms with E-state index in [9.17, 15) is 0 Å². The summed E-state index contributed by atoms with van der Waals surface area (Å²) in [5, 5.41) is 6.85. The molecule has 134 valence electrons. The fraction of sp³-hybridized carbons (Fsp3) is 0.632. The highest BCUT2D eigenvalue weighted by Gasteiger charge is 2.22. The Morgan fingerprint density at radius 3 is 2.92 bits per heavy atom. The number of rotatable bonds is 7. The van der Waals surface area contributed by atoms with E-state index in [1.807, 2.05) is 33.0 Å². The third kappa shape index (κ3) is 5.71. The van der Waals surface area contributed by atoms with Crippen molar-refractivity contribution >= 4 is 5.96 Å². The molecule has 1 aliphatic heterocycles. The van der Waals surface area contributed by atoms with Crippen molar-refractivity contribution in [1.29, 1.82) is 0 Å². The van der Waals surface area contributed by atoms with Crippen molar-refractivity contribution in [2.24, 2.45) is 4.99 Å². The summed E-state index contributed by atoms with van der Waals surface area (Å²) >= 11 is 0. The maximum absolute atomic E-state index is 5.75. The SMILES string of the molecule is CCN1CCCC1CNC(=NC)NCc1cccc(OC(C)C)c1. The van der Waals surface area contributed by atoms with Gasteiger partial charge >= 0.3 is 0 Å². The molecule has 1 unspecified atom stereocenters. The highest BCUT2D eigenvalue weighted by molar-refractivity contribution is 5.79. The first kappa shape index (κ1) is 18.6. The zero-order valence-electron chi connectivity index (χ0n) is 15.5. The Labute approximate surface area is 146 Å². The van der Waals surface area contributed by atoms with Crippen LogP contribution in [0.3, 0.4) is 0 Å². The second kappa shape index (κ2) is 9.52. The number of hydrogen-bond acceptors (Lipinski definition) is 3. The molecule has 1 aliphatic rings. The van der Waals surface area contributed by atoms with Gasteiger partial charge in [-0.25, -0.2) is 0 Å². The Bertz CT molecular complexity index is 530. The number of nitrogens with zero attached hydrogens (tertiary/aromatic N) is 2. The van der Waals surface area contributed by atoms with Crippen LogP contribution < -0.4 is 15.4 Å². The van der Waals surface area contributed by atoms with Crippen LogP contribution in [0.4, 0.5) is 0 Å². The van der Waals surface area contributed by atoms with Gasteiger partial charge in [-0.3, -0.25) is 9.89 Å². The minimum Gasteiger partial charge on any atom is -0.491 e. The van der Waals surface area contributed by atoms with E-state index in [1.165, 1.54) is 24.9 Å². The molecule has 1 heterocycles. The molecule has 1 fully saturated rings. The number of nitrogens with one attached hydrogen (secondary N) is 2. The molecule has 0 radical (unpaired) electrons. The van der Waals surface area contributed by atoms with Gasteiger partial charge in [-0.2, -0.15) is 0 Å². The second-order valence-electron chi connectivity index (χ2n) is 6.55. The molecule has 1 saturated heterocycles. The van der Waals surface area contributed by atoms with E-state index >= 15 is 0 Å². The van der Waals surface area contributed by atoms with E-state index in [2.05, 4.69) is 39.6 Å². The van der Waals surface area contributed by atoms with E-state index < -0.39 is 0 Å². The van der Waals surface area contributed by atoms with Gasteiger partial charge in [0, 0.05) is 26.2 Å². The first-order valence-corrected chi connectivity index (χ1v) is 9.06. The number of guanidine groups is 1. The van der Waals surface area contributed by atoms with E-state index in [0.29, 0.717) is 6.04 Å². The lowest BCUT2D eigenvalue weighted by molar-refractivity contribution is 0.242. The molecular weight excluding hydrogens is 300 g/mol. The summed E-state index contributed by atoms with van der Waals surface area (Å²) in [4.78, 5) is 6.87. The predicted octanol–water partition coefficient (Wildman–Crippen LogP) is 2.62. The molecule has 0 amide bonds. The Hall–Kier alpha value is -1.75. The minimum atomic E-state index is 0.190. The van der Waals surface area contributed by atoms with Gasteiger partial charge < -0.3 is 15.4 Å². The topological polar surface area (TPSA) is 48.9 Å². The first-order chi connectivity index (χ1) is 11.6. The Morgan fingerprint density at radius 2 is 2.21 bits per heavy atom. The lowest BCUT2D eigenvalue weighted by Gasteiger charge is -2.24. The molecule has 0 aromatic heterocycles. The molecule has 2 N–H and O–H groups in total. The molecule has 5 nitrogen and oxygen atoms in total. The Balaban J connectivity index is 1.81. The fourth-order valence-electron chi connectivity index (χ4n) is 3.16. The summed E-state index contributed by atoms with van der Waals surface area (Å²) in [6.45, 7) is 10.3. The van der Waals surface area contributed by atoms with Gasteiger partial charge in [0.25, 0.3) is 0 Å². The molecule has 5 heteroatoms. The van der Waals surface area contributed by atoms with Gasteiger partial charge in [-0.1, -0.05) is 19.1 Å². The first-order valence-electron chi connectivity index (χ1n) is 9.06. The van der Waals surface area contributed by atoms with Gasteiger partial charge in [0.15, 0.2) is 5.96 Å². The molecule has 1 aromatic carbocycles. The van der Waals surface area contributed by atoms with Crippen LogP contribution in [-0.4, -0.2) is 49.7 Å². The van der Waals surface area contributed by atoms with Gasteiger partial charge in [0.2, 0.25) is 0 Å². The van der Waals surface area contributed by atoms with Crippen molar-refractivity contribution in [3.05, 3.63) is 29.8 Å². The predicted molar refractivity (Wildman–Crippen MR) is 101 cm³/mol. The van der Waals surface area contributed by atoms with Crippen LogP contribution in [0.1, 0.15) is 39.2 Å². The van der Waals surface area contributed by atoms with E-state index in [0.717, 1.165) is 31.3 Å². The maximum atomic E-state index is 5.75. The monoisotopic (exact) mass is 332 g/mol. The van der Waals surface area contributed by atoms with Crippen LogP contribution in [0.25, 0.3) is 0 Å². The Kier molecular flexibility index (Phi) is 7.37. The van der Waals surface area contributed by atoms with Gasteiger partial charge in [0.1, 0.15) is 5.75 Å². The third-order valence-corrected chi connectivity index (χ3v) is 4.36. The Morgan fingerprint density at radius 1 is 1.38 bits per heavy atom. The highest BCUT2D eigenvalue weighted by atomic mass is 16.5. The second-order valence-corrected chi connectivity index (χ2v) is 6.55. The van der Waals surface area contributed by atoms with Crippen LogP contribution in [0.15, 0.2) is 29.3 Å². The van der Waals surface area contributed by atoms with Gasteiger partial charge in [-0.05, 0) is 57.5 Å². The molecular formula is C19H32N4O. The quantitative estimate of drug-likeness (QED) is 0.595. The maximum Gasteiger partial charge on any atom is 0.191 e. The highest BCUT2D eigenvalue weighted by Crippen LogP contribution is 2.16. The molecule has 0 bridgehead atoms. The van der Waals surface area contributed by atoms with Crippen LogP contribution in [-0.2, 0) is 6.54 Å². The van der Waals surface area contributed by atoms with Crippen LogP contribution in [0.2, 0.25) is 0 Å². The molecule has 0 saturated carbocycles. The number of likely N-dealkylation sites (N-methyl/N-ethyl adjacent to an activating group) is 1. The summed E-state index contributed by atoms with van der Waals surface area (Å²) in [7, 11) is 1.82. The summed E-state index contributed by atoms with van der Waals surface area (Å²) in [5.74, 6) is 1.77. The van der Waals surface area contributed by atoms with Crippen LogP contribution >= 0.6 is 0 Å². The summed E-state index contributed by atoms with van der Waals surface area (Å²) in [6, 6.07) is 8.83. The van der Waals surface area contributed by atoms with E-state index in [4.69, 9.17) is 4.74 Å². The molecule has 0 spiro atoms. The van der Waals surface area contributed by atoms with Crippen molar-refractivity contribution in [3.8, 4) is 5.75 Å². The largest absolute Gasteiger partial charge is 0.491 e. The van der Waals surface area contributed by atoms with Crippen molar-refractivity contribution in [1.82, 2.24) is 15.5 Å². The standard InChI is InChI=1S/C19H32N4O/c1-5-23-11-7-9-17(23)14-22-19(20-4)21-13-16-8-6-10-18(12-16)24-15(2)3/h6,8,10,12,15,17H,5,7,9,11,13-14H2,1-4H3,(H2,20,21,22). The molecule has 1 aromatic rings. The average molecular weight is 332 g/mol. The van der Waals surface area contributed by atoms with E-state index in [1.54, 1.807) is 0 Å². The summed E-state index contributed by atoms with van der Waals surface area (Å²) < 4.78 is 5.75. The number of hydrogen-bond donors (Lipinski definition) is 2. The zero-order valence-corrected chi connectivity index (χ0v) is 15.5. The normalized spacial score (nSPS) is 18.9. The van der Waals surface area contributed by atoms with Crippen molar-refractivity contribution in [2.45, 2.75) is 52.3 Å². The van der Waals surface area contributed by atoms with Crippen molar-refractivity contribution in [2.75, 3.05) is 26.7 Å². The molecule has 2 rings (SSSR count). The zero-order chi connectivity index (χ0) is 17.4. The van der Waals surface area contributed by atoms with Crippen LogP contribution in [0, 0.1) is 0 Å². The number of likely N-dealkylation sites (tertiary alicyclic amines) is 1. The number of aliphatic imine (C=N–C) groups is 1. The van der Waals surface area contributed by atoms with Crippen LogP contribution in [0.5, 0.6) is 5.75 Å². The number of ether oxygens (including phenoxy) is 1. The summed E-state index contributed by atoms with van der Waals surface area (Å²) in [6.07, 6.45) is 2.76. The van der Waals surface area contributed by atoms with Gasteiger partial charge in [0.05, 0.1) is 6.10 Å². The average Bonchev–Trinajstić information content (AvgIpc) is 3.02. The summed E-state index contributed by atoms with van der Waals surface area (Å²) in [5.41, 5.74) is 1.19. The lowest BCUT2D eigenvalue weighted by Crippen LogP contribution is -2.44. The minimum absolute atomic E-state index is 0.190. The molecule has 0 aliphatic carbocycles. The number of benzene rings is 1. The van der Waals surface area contributed by atoms with Gasteiger partial charge in [-0.15, -0.1) is 0 Å². The van der Waals surface area contributed by atoms with Crippen molar-refractivity contribution in [3.63, 3.8) is 0 Å². The van der Waals surface area contributed by atoms with Crippen molar-refractivity contribution < 1.29 is 4.74 Å². The molecule has 1 atom stereocenters. The lowest BCUT2D eigenvalue weighted by atomic mass is 10.2. The third-order valence-electron chi connectivity index (χ3n) is 4.36. The smallest absolute Gasteiger partial charge is 0.191 e. The fourth-order valence-corrected chi connectivity index (χ4v) is 3.16.